The average Bonchev–Trinajstić information content (AvgIpc) is 3.18. The summed E-state index contributed by atoms with van der Waals surface area (Å²) in [7, 11) is 0. The number of rotatable bonds is 5. The van der Waals surface area contributed by atoms with Crippen molar-refractivity contribution in [2.75, 3.05) is 39.4 Å². The highest BCUT2D eigenvalue weighted by Crippen LogP contribution is 2.30. The van der Waals surface area contributed by atoms with Crippen LogP contribution in [0.2, 0.25) is 0 Å². The summed E-state index contributed by atoms with van der Waals surface area (Å²) in [6.45, 7) is 6.03. The van der Waals surface area contributed by atoms with Crippen LogP contribution < -0.4 is 0 Å². The number of morpholine rings is 1. The number of benzene rings is 1. The van der Waals surface area contributed by atoms with Crippen molar-refractivity contribution >= 4 is 0 Å². The monoisotopic (exact) mass is 410 g/mol. The number of hydrogen-bond acceptors (Lipinski definition) is 6. The second-order valence-corrected chi connectivity index (χ2v) is 7.62. The molecular formula is C20H25F3N4O2. The van der Waals surface area contributed by atoms with E-state index in [1.54, 1.807) is 0 Å². The number of likely N-dealkylation sites (tertiary alicyclic amines) is 1. The van der Waals surface area contributed by atoms with E-state index in [9.17, 15) is 13.2 Å². The molecule has 0 unspecified atom stereocenters. The van der Waals surface area contributed by atoms with Crippen LogP contribution in [0.15, 0.2) is 28.8 Å². The summed E-state index contributed by atoms with van der Waals surface area (Å²) in [4.78, 5) is 9.23. The summed E-state index contributed by atoms with van der Waals surface area (Å²) in [5.41, 5.74) is -0.180. The summed E-state index contributed by atoms with van der Waals surface area (Å²) >= 11 is 0. The fourth-order valence-electron chi connectivity index (χ4n) is 3.98. The highest BCUT2D eigenvalue weighted by Gasteiger charge is 2.30. The van der Waals surface area contributed by atoms with E-state index in [-0.39, 0.29) is 0 Å². The maximum atomic E-state index is 12.7. The Morgan fingerprint density at radius 3 is 2.52 bits per heavy atom. The van der Waals surface area contributed by atoms with Crippen molar-refractivity contribution < 1.29 is 22.4 Å². The smallest absolute Gasteiger partial charge is 0.379 e. The fraction of sp³-hybridized carbons (Fsp3) is 0.600. The van der Waals surface area contributed by atoms with Crippen molar-refractivity contribution in [3.8, 4) is 11.4 Å². The minimum atomic E-state index is -4.36. The molecule has 0 aliphatic carbocycles. The minimum Gasteiger partial charge on any atom is -0.379 e. The Bertz CT molecular complexity index is 788. The molecule has 29 heavy (non-hydrogen) atoms. The van der Waals surface area contributed by atoms with Crippen molar-refractivity contribution in [3.63, 3.8) is 0 Å². The Hall–Kier alpha value is -1.97. The Kier molecular flexibility index (Phi) is 6.17. The Balaban J connectivity index is 1.40. The van der Waals surface area contributed by atoms with Crippen LogP contribution in [0.5, 0.6) is 0 Å². The van der Waals surface area contributed by atoms with Gasteiger partial charge in [0.05, 0.1) is 25.3 Å². The Morgan fingerprint density at radius 2 is 1.79 bits per heavy atom. The lowest BCUT2D eigenvalue weighted by Gasteiger charge is -2.39. The molecule has 158 valence electrons. The number of aromatic nitrogens is 2. The molecule has 1 atom stereocenters. The summed E-state index contributed by atoms with van der Waals surface area (Å²) in [6, 6.07) is 5.25. The molecule has 0 bridgehead atoms. The second-order valence-electron chi connectivity index (χ2n) is 7.62. The minimum absolute atomic E-state index is 0.315. The molecule has 1 aromatic carbocycles. The van der Waals surface area contributed by atoms with Gasteiger partial charge >= 0.3 is 6.18 Å². The van der Waals surface area contributed by atoms with E-state index < -0.39 is 11.7 Å². The van der Waals surface area contributed by atoms with Crippen LogP contribution in [-0.2, 0) is 17.5 Å². The van der Waals surface area contributed by atoms with E-state index in [2.05, 4.69) is 19.9 Å². The van der Waals surface area contributed by atoms with Gasteiger partial charge in [-0.15, -0.1) is 0 Å². The molecule has 2 aliphatic heterocycles. The van der Waals surface area contributed by atoms with Gasteiger partial charge in [-0.1, -0.05) is 23.7 Å². The number of nitrogens with zero attached hydrogens (tertiary/aromatic N) is 4. The fourth-order valence-corrected chi connectivity index (χ4v) is 3.98. The number of piperidine rings is 1. The van der Waals surface area contributed by atoms with E-state index in [0.29, 0.717) is 29.9 Å². The van der Waals surface area contributed by atoms with E-state index in [1.807, 2.05) is 0 Å². The van der Waals surface area contributed by atoms with Crippen LogP contribution in [0.4, 0.5) is 13.2 Å². The molecular weight excluding hydrogens is 385 g/mol. The first kappa shape index (κ1) is 20.3. The van der Waals surface area contributed by atoms with Gasteiger partial charge in [0.2, 0.25) is 11.7 Å². The summed E-state index contributed by atoms with van der Waals surface area (Å²) in [5, 5.41) is 3.96. The number of hydrogen-bond donors (Lipinski definition) is 0. The number of alkyl halides is 3. The first-order valence-corrected chi connectivity index (χ1v) is 10.0. The SMILES string of the molecule is FC(F)(F)c1ccc(-c2noc(CN3CCCC[C@@H]3CN3CCOCC3)n2)cc1. The number of ether oxygens (including phenoxy) is 1. The largest absolute Gasteiger partial charge is 0.416 e. The van der Waals surface area contributed by atoms with Gasteiger partial charge in [0.15, 0.2) is 0 Å². The van der Waals surface area contributed by atoms with Crippen LogP contribution in [0.25, 0.3) is 11.4 Å². The molecule has 2 saturated heterocycles. The zero-order valence-electron chi connectivity index (χ0n) is 16.2. The third kappa shape index (κ3) is 5.15. The first-order chi connectivity index (χ1) is 14.0. The van der Waals surface area contributed by atoms with Crippen molar-refractivity contribution in [1.82, 2.24) is 19.9 Å². The molecule has 0 radical (unpaired) electrons. The van der Waals surface area contributed by atoms with Gasteiger partial charge in [0, 0.05) is 31.2 Å². The van der Waals surface area contributed by atoms with Crippen LogP contribution in [0.1, 0.15) is 30.7 Å². The van der Waals surface area contributed by atoms with Crippen molar-refractivity contribution in [1.29, 1.82) is 0 Å². The predicted molar refractivity (Wildman–Crippen MR) is 100 cm³/mol. The van der Waals surface area contributed by atoms with Gasteiger partial charge in [0.25, 0.3) is 0 Å². The Labute approximate surface area is 167 Å². The van der Waals surface area contributed by atoms with Gasteiger partial charge in [-0.2, -0.15) is 18.2 Å². The average molecular weight is 410 g/mol. The maximum Gasteiger partial charge on any atom is 0.416 e. The Morgan fingerprint density at radius 1 is 1.03 bits per heavy atom. The molecule has 2 fully saturated rings. The van der Waals surface area contributed by atoms with Crippen LogP contribution in [0.3, 0.4) is 0 Å². The maximum absolute atomic E-state index is 12.7. The van der Waals surface area contributed by atoms with Gasteiger partial charge in [-0.25, -0.2) is 0 Å². The lowest BCUT2D eigenvalue weighted by molar-refractivity contribution is -0.137. The normalized spacial score (nSPS) is 22.1. The first-order valence-electron chi connectivity index (χ1n) is 10.0. The van der Waals surface area contributed by atoms with E-state index in [0.717, 1.165) is 64.4 Å². The summed E-state index contributed by atoms with van der Waals surface area (Å²) in [6.07, 6.45) is -0.867. The van der Waals surface area contributed by atoms with Gasteiger partial charge < -0.3 is 9.26 Å². The van der Waals surface area contributed by atoms with E-state index in [4.69, 9.17) is 9.26 Å². The van der Waals surface area contributed by atoms with E-state index in [1.165, 1.54) is 18.6 Å². The molecule has 2 aromatic rings. The van der Waals surface area contributed by atoms with Gasteiger partial charge in [-0.05, 0) is 31.5 Å². The summed E-state index contributed by atoms with van der Waals surface area (Å²) < 4.78 is 49.0. The molecule has 0 N–H and O–H groups in total. The van der Waals surface area contributed by atoms with Crippen LogP contribution in [0, 0.1) is 0 Å². The third-order valence-corrected chi connectivity index (χ3v) is 5.60. The van der Waals surface area contributed by atoms with Crippen molar-refractivity contribution in [2.24, 2.45) is 0 Å². The molecule has 6 nitrogen and oxygen atoms in total. The zero-order valence-corrected chi connectivity index (χ0v) is 16.2. The highest BCUT2D eigenvalue weighted by atomic mass is 19.4. The molecule has 1 aromatic heterocycles. The molecule has 0 saturated carbocycles. The molecule has 0 amide bonds. The molecule has 2 aliphatic rings. The van der Waals surface area contributed by atoms with Gasteiger partial charge in [-0.3, -0.25) is 9.80 Å². The topological polar surface area (TPSA) is 54.6 Å². The van der Waals surface area contributed by atoms with Gasteiger partial charge in [0.1, 0.15) is 0 Å². The molecule has 9 heteroatoms. The summed E-state index contributed by atoms with van der Waals surface area (Å²) in [5.74, 6) is 0.809. The van der Waals surface area contributed by atoms with Crippen LogP contribution >= 0.6 is 0 Å². The van der Waals surface area contributed by atoms with Crippen molar-refractivity contribution in [3.05, 3.63) is 35.7 Å². The lowest BCUT2D eigenvalue weighted by Crippen LogP contribution is -2.49. The van der Waals surface area contributed by atoms with Crippen molar-refractivity contribution in [2.45, 2.75) is 38.0 Å². The third-order valence-electron chi connectivity index (χ3n) is 5.60. The number of halogens is 3. The molecule has 3 heterocycles. The standard InChI is InChI=1S/C20H25F3N4O2/c21-20(22,23)16-6-4-15(5-7-16)19-24-18(29-25-19)14-27-8-2-1-3-17(27)13-26-9-11-28-12-10-26/h4-7,17H,1-3,8-14H2/t17-/m1/s1. The second kappa shape index (κ2) is 8.81. The lowest BCUT2D eigenvalue weighted by atomic mass is 10.0. The zero-order chi connectivity index (χ0) is 20.3. The molecule has 4 rings (SSSR count). The highest BCUT2D eigenvalue weighted by molar-refractivity contribution is 5.54. The van der Waals surface area contributed by atoms with Crippen LogP contribution in [-0.4, -0.2) is 65.4 Å². The predicted octanol–water partition coefficient (Wildman–Crippen LogP) is 3.44. The van der Waals surface area contributed by atoms with E-state index >= 15 is 0 Å². The quantitative estimate of drug-likeness (QED) is 0.753. The molecule has 0 spiro atoms.